The molecule has 0 bridgehead atoms. The fraction of sp³-hybridized carbons (Fsp3) is 0.235. The summed E-state index contributed by atoms with van der Waals surface area (Å²) in [4.78, 5) is 4.18. The van der Waals surface area contributed by atoms with Gasteiger partial charge in [0.25, 0.3) is 0 Å². The monoisotopic (exact) mass is 351 g/mol. The Morgan fingerprint density at radius 2 is 1.92 bits per heavy atom. The molecule has 6 nitrogen and oxygen atoms in total. The standard InChI is InChI=1S/C17H19F2N3O3/c1-23-13-5-3-4-12(9-13)22-17(20)21-10-11-6-7-14(24-2)15(8-11)25-16(18)19/h3-9,16H,10H2,1-2H3,(H3,20,21,22). The van der Waals surface area contributed by atoms with Crippen LogP contribution in [0.1, 0.15) is 5.56 Å². The van der Waals surface area contributed by atoms with Crippen LogP contribution >= 0.6 is 0 Å². The van der Waals surface area contributed by atoms with E-state index < -0.39 is 6.61 Å². The molecule has 0 spiro atoms. The van der Waals surface area contributed by atoms with Crippen molar-refractivity contribution in [2.45, 2.75) is 13.2 Å². The van der Waals surface area contributed by atoms with Crippen LogP contribution in [0.2, 0.25) is 0 Å². The Kier molecular flexibility index (Phi) is 6.39. The van der Waals surface area contributed by atoms with E-state index in [4.69, 9.17) is 15.2 Å². The number of hydrogen-bond acceptors (Lipinski definition) is 4. The molecule has 0 radical (unpaired) electrons. The van der Waals surface area contributed by atoms with Gasteiger partial charge in [0.15, 0.2) is 17.5 Å². The highest BCUT2D eigenvalue weighted by Gasteiger charge is 2.11. The molecule has 0 unspecified atom stereocenters. The lowest BCUT2D eigenvalue weighted by Crippen LogP contribution is -2.22. The van der Waals surface area contributed by atoms with Crippen molar-refractivity contribution in [3.63, 3.8) is 0 Å². The molecule has 0 fully saturated rings. The molecule has 2 aromatic carbocycles. The van der Waals surface area contributed by atoms with E-state index >= 15 is 0 Å². The van der Waals surface area contributed by atoms with Gasteiger partial charge in [0.05, 0.1) is 20.8 Å². The van der Waals surface area contributed by atoms with Crippen LogP contribution in [-0.4, -0.2) is 26.8 Å². The summed E-state index contributed by atoms with van der Waals surface area (Å²) in [5.41, 5.74) is 7.21. The van der Waals surface area contributed by atoms with Gasteiger partial charge in [0.2, 0.25) is 0 Å². The van der Waals surface area contributed by atoms with E-state index in [0.717, 1.165) is 5.69 Å². The molecule has 0 atom stereocenters. The van der Waals surface area contributed by atoms with E-state index in [1.54, 1.807) is 25.3 Å². The van der Waals surface area contributed by atoms with E-state index in [0.29, 0.717) is 11.3 Å². The second-order valence-electron chi connectivity index (χ2n) is 4.92. The first-order valence-electron chi connectivity index (χ1n) is 7.34. The Labute approximate surface area is 144 Å². The Morgan fingerprint density at radius 3 is 2.60 bits per heavy atom. The Bertz CT molecular complexity index is 739. The molecule has 0 saturated heterocycles. The van der Waals surface area contributed by atoms with Crippen LogP contribution in [0.5, 0.6) is 17.2 Å². The van der Waals surface area contributed by atoms with Gasteiger partial charge < -0.3 is 25.3 Å². The second kappa shape index (κ2) is 8.72. The molecular weight excluding hydrogens is 332 g/mol. The summed E-state index contributed by atoms with van der Waals surface area (Å²) in [6.45, 7) is -2.75. The second-order valence-corrected chi connectivity index (χ2v) is 4.92. The van der Waals surface area contributed by atoms with Gasteiger partial charge >= 0.3 is 6.61 Å². The number of alkyl halides is 2. The number of aliphatic imine (C=N–C) groups is 1. The van der Waals surface area contributed by atoms with Crippen LogP contribution < -0.4 is 25.3 Å². The maximum atomic E-state index is 12.4. The molecule has 0 aliphatic rings. The number of anilines is 1. The van der Waals surface area contributed by atoms with E-state index in [1.807, 2.05) is 12.1 Å². The summed E-state index contributed by atoms with van der Waals surface area (Å²) in [5.74, 6) is 1.03. The van der Waals surface area contributed by atoms with Crippen LogP contribution in [0.15, 0.2) is 47.5 Å². The van der Waals surface area contributed by atoms with Crippen molar-refractivity contribution in [1.82, 2.24) is 0 Å². The van der Waals surface area contributed by atoms with Gasteiger partial charge in [-0.15, -0.1) is 0 Å². The number of hydrogen-bond donors (Lipinski definition) is 2. The molecule has 0 heterocycles. The maximum absolute atomic E-state index is 12.4. The van der Waals surface area contributed by atoms with E-state index in [-0.39, 0.29) is 24.0 Å². The molecule has 0 aliphatic heterocycles. The third kappa shape index (κ3) is 5.52. The topological polar surface area (TPSA) is 78.1 Å². The van der Waals surface area contributed by atoms with Crippen LogP contribution in [-0.2, 0) is 6.54 Å². The van der Waals surface area contributed by atoms with Crippen LogP contribution in [0.3, 0.4) is 0 Å². The Hall–Kier alpha value is -3.03. The summed E-state index contributed by atoms with van der Waals surface area (Å²) in [6, 6.07) is 11.9. The van der Waals surface area contributed by atoms with Crippen molar-refractivity contribution >= 4 is 11.6 Å². The number of methoxy groups -OCH3 is 2. The smallest absolute Gasteiger partial charge is 0.387 e. The third-order valence-corrected chi connectivity index (χ3v) is 3.22. The third-order valence-electron chi connectivity index (χ3n) is 3.22. The fourth-order valence-electron chi connectivity index (χ4n) is 2.07. The van der Waals surface area contributed by atoms with Crippen molar-refractivity contribution in [1.29, 1.82) is 0 Å². The average molecular weight is 351 g/mol. The lowest BCUT2D eigenvalue weighted by Gasteiger charge is -2.11. The summed E-state index contributed by atoms with van der Waals surface area (Å²) >= 11 is 0. The van der Waals surface area contributed by atoms with Crippen molar-refractivity contribution in [2.75, 3.05) is 19.5 Å². The number of halogens is 2. The first kappa shape index (κ1) is 18.3. The number of nitrogens with one attached hydrogen (secondary N) is 1. The van der Waals surface area contributed by atoms with Crippen LogP contribution in [0.25, 0.3) is 0 Å². The highest BCUT2D eigenvalue weighted by Crippen LogP contribution is 2.29. The van der Waals surface area contributed by atoms with Crippen molar-refractivity contribution in [3.8, 4) is 17.2 Å². The van der Waals surface area contributed by atoms with Gasteiger partial charge in [0.1, 0.15) is 5.75 Å². The summed E-state index contributed by atoms with van der Waals surface area (Å²) in [7, 11) is 2.95. The molecule has 0 aliphatic carbocycles. The molecule has 0 saturated carbocycles. The maximum Gasteiger partial charge on any atom is 0.387 e. The Balaban J connectivity index is 2.06. The number of nitrogens with two attached hydrogens (primary N) is 1. The van der Waals surface area contributed by atoms with Crippen LogP contribution in [0.4, 0.5) is 14.5 Å². The van der Waals surface area contributed by atoms with E-state index in [1.165, 1.54) is 19.2 Å². The highest BCUT2D eigenvalue weighted by atomic mass is 19.3. The number of rotatable bonds is 7. The minimum atomic E-state index is -2.94. The molecule has 134 valence electrons. The van der Waals surface area contributed by atoms with Gasteiger partial charge in [-0.05, 0) is 29.8 Å². The SMILES string of the molecule is COc1cccc(NC(N)=NCc2ccc(OC)c(OC(F)F)c2)c1. The van der Waals surface area contributed by atoms with Gasteiger partial charge in [-0.25, -0.2) is 4.99 Å². The highest BCUT2D eigenvalue weighted by molar-refractivity contribution is 5.92. The molecular formula is C17H19F2N3O3. The number of nitrogens with zero attached hydrogens (tertiary/aromatic N) is 1. The zero-order valence-electron chi connectivity index (χ0n) is 13.8. The largest absolute Gasteiger partial charge is 0.497 e. The van der Waals surface area contributed by atoms with Crippen molar-refractivity contribution in [3.05, 3.63) is 48.0 Å². The van der Waals surface area contributed by atoms with Gasteiger partial charge in [-0.2, -0.15) is 8.78 Å². The molecule has 25 heavy (non-hydrogen) atoms. The predicted octanol–water partition coefficient (Wildman–Crippen LogP) is 3.23. The minimum absolute atomic E-state index is 0.0514. The zero-order valence-corrected chi connectivity index (χ0v) is 13.8. The molecule has 0 amide bonds. The quantitative estimate of drug-likeness (QED) is 0.591. The lowest BCUT2D eigenvalue weighted by atomic mass is 10.2. The molecule has 8 heteroatoms. The van der Waals surface area contributed by atoms with Gasteiger partial charge in [-0.3, -0.25) is 0 Å². The number of ether oxygens (including phenoxy) is 3. The first-order valence-corrected chi connectivity index (χ1v) is 7.34. The van der Waals surface area contributed by atoms with Crippen molar-refractivity contribution in [2.24, 2.45) is 10.7 Å². The molecule has 3 N–H and O–H groups in total. The molecule has 2 rings (SSSR count). The zero-order chi connectivity index (χ0) is 18.2. The summed E-state index contributed by atoms with van der Waals surface area (Å²) < 4.78 is 39.4. The van der Waals surface area contributed by atoms with E-state index in [2.05, 4.69) is 15.0 Å². The van der Waals surface area contributed by atoms with Gasteiger partial charge in [-0.1, -0.05) is 12.1 Å². The summed E-state index contributed by atoms with van der Waals surface area (Å²) in [5, 5.41) is 2.93. The number of benzene rings is 2. The predicted molar refractivity (Wildman–Crippen MR) is 91.6 cm³/mol. The number of guanidine groups is 1. The minimum Gasteiger partial charge on any atom is -0.497 e. The van der Waals surface area contributed by atoms with E-state index in [9.17, 15) is 8.78 Å². The lowest BCUT2D eigenvalue weighted by molar-refractivity contribution is -0.0512. The summed E-state index contributed by atoms with van der Waals surface area (Å²) in [6.07, 6.45) is 0. The van der Waals surface area contributed by atoms with Crippen molar-refractivity contribution < 1.29 is 23.0 Å². The fourth-order valence-corrected chi connectivity index (χ4v) is 2.07. The first-order chi connectivity index (χ1) is 12.0. The average Bonchev–Trinajstić information content (AvgIpc) is 2.60. The van der Waals surface area contributed by atoms with Gasteiger partial charge in [0, 0.05) is 11.8 Å². The molecule has 0 aromatic heterocycles. The molecule has 2 aromatic rings. The Morgan fingerprint density at radius 1 is 1.12 bits per heavy atom. The van der Waals surface area contributed by atoms with Crippen LogP contribution in [0, 0.1) is 0 Å². The normalized spacial score (nSPS) is 11.3.